The lowest BCUT2D eigenvalue weighted by Gasteiger charge is -2.04. The minimum absolute atomic E-state index is 0.102. The van der Waals surface area contributed by atoms with Crippen LogP contribution in [0.3, 0.4) is 0 Å². The molecule has 2 rings (SSSR count). The van der Waals surface area contributed by atoms with E-state index >= 15 is 0 Å². The highest BCUT2D eigenvalue weighted by molar-refractivity contribution is 7.95. The summed E-state index contributed by atoms with van der Waals surface area (Å²) in [5, 5.41) is 0. The lowest BCUT2D eigenvalue weighted by atomic mass is 10.1. The Morgan fingerprint density at radius 1 is 0.889 bits per heavy atom. The van der Waals surface area contributed by atoms with Gasteiger partial charge >= 0.3 is 0 Å². The maximum absolute atomic E-state index is 11.4. The highest BCUT2D eigenvalue weighted by Gasteiger charge is 2.15. The highest BCUT2D eigenvalue weighted by Crippen LogP contribution is 2.22. The Kier molecular flexibility index (Phi) is 3.60. The Morgan fingerprint density at radius 2 is 1.39 bits per heavy atom. The van der Waals surface area contributed by atoms with E-state index in [1.54, 1.807) is 54.6 Å². The Hall–Kier alpha value is -1.91. The molecule has 0 bridgehead atoms. The maximum atomic E-state index is 11.4. The van der Waals surface area contributed by atoms with Gasteiger partial charge in [0, 0.05) is 0 Å². The Bertz CT molecular complexity index is 644. The molecule has 0 amide bonds. The van der Waals surface area contributed by atoms with Crippen molar-refractivity contribution < 1.29 is 13.0 Å². The molecular formula is C14H12O3S. The first-order valence-corrected chi connectivity index (χ1v) is 6.81. The normalized spacial score (nSPS) is 12.4. The minimum Gasteiger partial charge on any atom is -0.282 e. The third-order valence-electron chi connectivity index (χ3n) is 2.43. The first-order chi connectivity index (χ1) is 8.57. The molecule has 0 aliphatic carbocycles. The molecule has 0 atom stereocenters. The van der Waals surface area contributed by atoms with Crippen molar-refractivity contribution in [3.05, 3.63) is 71.8 Å². The van der Waals surface area contributed by atoms with Gasteiger partial charge in [0.05, 0.1) is 0 Å². The second kappa shape index (κ2) is 5.16. The molecule has 0 saturated heterocycles. The van der Waals surface area contributed by atoms with Crippen molar-refractivity contribution in [3.8, 4) is 0 Å². The van der Waals surface area contributed by atoms with Crippen molar-refractivity contribution in [2.24, 2.45) is 0 Å². The molecule has 18 heavy (non-hydrogen) atoms. The van der Waals surface area contributed by atoms with E-state index in [2.05, 4.69) is 0 Å². The predicted molar refractivity (Wildman–Crippen MR) is 72.3 cm³/mol. The van der Waals surface area contributed by atoms with Gasteiger partial charge in [0.2, 0.25) is 0 Å². The summed E-state index contributed by atoms with van der Waals surface area (Å²) in [7, 11) is -4.26. The molecular weight excluding hydrogens is 248 g/mol. The van der Waals surface area contributed by atoms with Gasteiger partial charge in [-0.05, 0) is 17.2 Å². The fourth-order valence-electron chi connectivity index (χ4n) is 1.61. The first kappa shape index (κ1) is 12.5. The Balaban J connectivity index is 2.56. The van der Waals surface area contributed by atoms with E-state index in [0.29, 0.717) is 11.1 Å². The van der Waals surface area contributed by atoms with Crippen LogP contribution < -0.4 is 0 Å². The average molecular weight is 260 g/mol. The molecule has 0 aromatic heterocycles. The van der Waals surface area contributed by atoms with E-state index in [0.717, 1.165) is 0 Å². The number of benzene rings is 2. The molecule has 1 N–H and O–H groups in total. The van der Waals surface area contributed by atoms with Gasteiger partial charge in [-0.3, -0.25) is 4.55 Å². The van der Waals surface area contributed by atoms with Gasteiger partial charge in [-0.15, -0.1) is 0 Å². The molecule has 0 aliphatic heterocycles. The molecule has 2 aromatic carbocycles. The summed E-state index contributed by atoms with van der Waals surface area (Å²) in [5.41, 5.74) is 1.18. The third-order valence-corrected chi connectivity index (χ3v) is 3.34. The van der Waals surface area contributed by atoms with Crippen molar-refractivity contribution in [1.82, 2.24) is 0 Å². The zero-order valence-corrected chi connectivity index (χ0v) is 10.3. The molecule has 4 heteroatoms. The smallest absolute Gasteiger partial charge is 0.282 e. The molecule has 0 aliphatic rings. The summed E-state index contributed by atoms with van der Waals surface area (Å²) >= 11 is 0. The van der Waals surface area contributed by atoms with Gasteiger partial charge in [-0.1, -0.05) is 60.7 Å². The van der Waals surface area contributed by atoms with Crippen LogP contribution in [0.15, 0.2) is 60.7 Å². The van der Waals surface area contributed by atoms with Crippen molar-refractivity contribution in [2.45, 2.75) is 0 Å². The molecule has 0 radical (unpaired) electrons. The zero-order chi connectivity index (χ0) is 13.0. The standard InChI is InChI=1S/C14H12O3S/c15-18(16,17)14(13-9-5-2-6-10-13)11-12-7-3-1-4-8-12/h1-11H,(H,15,16,17). The van der Waals surface area contributed by atoms with Gasteiger partial charge in [0.1, 0.15) is 4.91 Å². The molecule has 3 nitrogen and oxygen atoms in total. The van der Waals surface area contributed by atoms with Crippen LogP contribution in [0.4, 0.5) is 0 Å². The van der Waals surface area contributed by atoms with Crippen LogP contribution >= 0.6 is 0 Å². The van der Waals surface area contributed by atoms with E-state index < -0.39 is 10.1 Å². The third kappa shape index (κ3) is 3.06. The fraction of sp³-hybridized carbons (Fsp3) is 0. The summed E-state index contributed by atoms with van der Waals surface area (Å²) in [5.74, 6) is 0. The second-order valence-corrected chi connectivity index (χ2v) is 5.15. The van der Waals surface area contributed by atoms with Gasteiger partial charge in [0.25, 0.3) is 10.1 Å². The molecule has 0 unspecified atom stereocenters. The van der Waals surface area contributed by atoms with E-state index in [-0.39, 0.29) is 4.91 Å². The molecule has 0 heterocycles. The second-order valence-electron chi connectivity index (χ2n) is 3.76. The maximum Gasteiger partial charge on any atom is 0.295 e. The van der Waals surface area contributed by atoms with Crippen LogP contribution in [-0.4, -0.2) is 13.0 Å². The number of hydrogen-bond donors (Lipinski definition) is 1. The fourth-order valence-corrected chi connectivity index (χ4v) is 2.33. The van der Waals surface area contributed by atoms with Crippen LogP contribution in [0.1, 0.15) is 11.1 Å². The highest BCUT2D eigenvalue weighted by atomic mass is 32.2. The van der Waals surface area contributed by atoms with E-state index in [4.69, 9.17) is 0 Å². The lowest BCUT2D eigenvalue weighted by Crippen LogP contribution is -2.00. The van der Waals surface area contributed by atoms with Gasteiger partial charge < -0.3 is 0 Å². The molecule has 0 spiro atoms. The van der Waals surface area contributed by atoms with E-state index in [1.807, 2.05) is 6.07 Å². The summed E-state index contributed by atoms with van der Waals surface area (Å²) in [6.07, 6.45) is 1.45. The average Bonchev–Trinajstić information content (AvgIpc) is 2.37. The zero-order valence-electron chi connectivity index (χ0n) is 9.52. The largest absolute Gasteiger partial charge is 0.295 e. The van der Waals surface area contributed by atoms with Crippen LogP contribution in [0.25, 0.3) is 11.0 Å². The lowest BCUT2D eigenvalue weighted by molar-refractivity contribution is 0.496. The van der Waals surface area contributed by atoms with Crippen molar-refractivity contribution in [1.29, 1.82) is 0 Å². The van der Waals surface area contributed by atoms with Gasteiger partial charge in [-0.2, -0.15) is 8.42 Å². The molecule has 0 fully saturated rings. The van der Waals surface area contributed by atoms with Gasteiger partial charge in [0.15, 0.2) is 0 Å². The Labute approximate surface area is 106 Å². The number of hydrogen-bond acceptors (Lipinski definition) is 2. The van der Waals surface area contributed by atoms with Crippen LogP contribution in [0, 0.1) is 0 Å². The Morgan fingerprint density at radius 3 is 1.89 bits per heavy atom. The van der Waals surface area contributed by atoms with E-state index in [1.165, 1.54) is 6.08 Å². The summed E-state index contributed by atoms with van der Waals surface area (Å²) in [6.45, 7) is 0. The predicted octanol–water partition coefficient (Wildman–Crippen LogP) is 3.07. The van der Waals surface area contributed by atoms with Crippen molar-refractivity contribution >= 4 is 21.1 Å². The van der Waals surface area contributed by atoms with Gasteiger partial charge in [-0.25, -0.2) is 0 Å². The topological polar surface area (TPSA) is 54.4 Å². The van der Waals surface area contributed by atoms with Crippen molar-refractivity contribution in [3.63, 3.8) is 0 Å². The molecule has 2 aromatic rings. The van der Waals surface area contributed by atoms with Crippen LogP contribution in [0.2, 0.25) is 0 Å². The molecule has 0 saturated carbocycles. The molecule has 92 valence electrons. The quantitative estimate of drug-likeness (QED) is 0.681. The monoisotopic (exact) mass is 260 g/mol. The minimum atomic E-state index is -4.26. The van der Waals surface area contributed by atoms with Crippen LogP contribution in [-0.2, 0) is 10.1 Å². The summed E-state index contributed by atoms with van der Waals surface area (Å²) < 4.78 is 32.1. The van der Waals surface area contributed by atoms with Crippen LogP contribution in [0.5, 0.6) is 0 Å². The van der Waals surface area contributed by atoms with Crippen molar-refractivity contribution in [2.75, 3.05) is 0 Å². The number of rotatable bonds is 3. The summed E-state index contributed by atoms with van der Waals surface area (Å²) in [6, 6.07) is 17.5. The van der Waals surface area contributed by atoms with E-state index in [9.17, 15) is 13.0 Å². The first-order valence-electron chi connectivity index (χ1n) is 5.37. The summed E-state index contributed by atoms with van der Waals surface area (Å²) in [4.78, 5) is -0.102. The SMILES string of the molecule is O=S(=O)(O)C(=Cc1ccccc1)c1ccccc1.